The quantitative estimate of drug-likeness (QED) is 0.918. The zero-order chi connectivity index (χ0) is 14.8. The third kappa shape index (κ3) is 3.16. The summed E-state index contributed by atoms with van der Waals surface area (Å²) < 4.78 is 32.3. The van der Waals surface area contributed by atoms with Gasteiger partial charge >= 0.3 is 0 Å². The second-order valence-electron chi connectivity index (χ2n) is 5.68. The Labute approximate surface area is 118 Å². The second kappa shape index (κ2) is 6.16. The van der Waals surface area contributed by atoms with E-state index in [0.29, 0.717) is 18.8 Å². The van der Waals surface area contributed by atoms with E-state index in [1.54, 1.807) is 0 Å². The van der Waals surface area contributed by atoms with E-state index in [-0.39, 0.29) is 11.6 Å². The second-order valence-corrected chi connectivity index (χ2v) is 5.68. The average molecular weight is 284 g/mol. The molecule has 1 unspecified atom stereocenters. The number of nitrogens with zero attached hydrogens (tertiary/aromatic N) is 1. The Bertz CT molecular complexity index is 439. The van der Waals surface area contributed by atoms with E-state index in [2.05, 4.69) is 24.1 Å². The summed E-state index contributed by atoms with van der Waals surface area (Å²) in [6.45, 7) is 7.20. The topological polar surface area (TPSA) is 24.5 Å². The van der Waals surface area contributed by atoms with Crippen molar-refractivity contribution in [1.82, 2.24) is 10.2 Å². The van der Waals surface area contributed by atoms with Crippen LogP contribution in [0.3, 0.4) is 0 Å². The van der Waals surface area contributed by atoms with Gasteiger partial charge in [-0.1, -0.05) is 0 Å². The van der Waals surface area contributed by atoms with Crippen molar-refractivity contribution in [3.05, 3.63) is 35.4 Å². The van der Waals surface area contributed by atoms with Crippen molar-refractivity contribution < 1.29 is 13.5 Å². The van der Waals surface area contributed by atoms with Crippen LogP contribution in [0.4, 0.5) is 8.78 Å². The monoisotopic (exact) mass is 284 g/mol. The fraction of sp³-hybridized carbons (Fsp3) is 0.600. The van der Waals surface area contributed by atoms with Crippen molar-refractivity contribution in [3.8, 4) is 0 Å². The van der Waals surface area contributed by atoms with Crippen LogP contribution in [-0.2, 0) is 4.74 Å². The highest BCUT2D eigenvalue weighted by Gasteiger charge is 2.36. The van der Waals surface area contributed by atoms with Crippen molar-refractivity contribution in [1.29, 1.82) is 0 Å². The van der Waals surface area contributed by atoms with Crippen molar-refractivity contribution in [2.24, 2.45) is 0 Å². The molecule has 20 heavy (non-hydrogen) atoms. The molecule has 1 fully saturated rings. The van der Waals surface area contributed by atoms with Gasteiger partial charge in [-0.25, -0.2) is 8.78 Å². The number of benzene rings is 1. The molecule has 1 aliphatic heterocycles. The lowest BCUT2D eigenvalue weighted by atomic mass is 9.86. The minimum atomic E-state index is -0.543. The number of likely N-dealkylation sites (N-methyl/N-ethyl adjacent to an activating group) is 1. The van der Waals surface area contributed by atoms with Crippen LogP contribution in [0.1, 0.15) is 25.5 Å². The van der Waals surface area contributed by atoms with Crippen molar-refractivity contribution in [2.45, 2.75) is 25.4 Å². The first-order valence-corrected chi connectivity index (χ1v) is 6.91. The normalized spacial score (nSPS) is 19.1. The smallest absolute Gasteiger partial charge is 0.126 e. The molecule has 0 saturated carbocycles. The Hall–Kier alpha value is -1.04. The number of morpholine rings is 1. The molecule has 3 nitrogen and oxygen atoms in total. The highest BCUT2D eigenvalue weighted by atomic mass is 19.1. The first-order valence-electron chi connectivity index (χ1n) is 6.91. The maximum atomic E-state index is 13.5. The number of nitrogens with one attached hydrogen (secondary N) is 1. The van der Waals surface area contributed by atoms with Crippen LogP contribution in [0.5, 0.6) is 0 Å². The molecule has 1 aromatic carbocycles. The molecule has 1 N–H and O–H groups in total. The minimum Gasteiger partial charge on any atom is -0.379 e. The number of rotatable bonds is 4. The van der Waals surface area contributed by atoms with E-state index in [1.807, 2.05) is 7.05 Å². The summed E-state index contributed by atoms with van der Waals surface area (Å²) in [4.78, 5) is 2.29. The highest BCUT2D eigenvalue weighted by molar-refractivity contribution is 5.24. The molecule has 1 heterocycles. The Morgan fingerprint density at radius 3 is 2.20 bits per heavy atom. The number of hydrogen-bond donors (Lipinski definition) is 1. The maximum Gasteiger partial charge on any atom is 0.126 e. The van der Waals surface area contributed by atoms with Crippen LogP contribution in [0, 0.1) is 11.6 Å². The van der Waals surface area contributed by atoms with Gasteiger partial charge in [-0.2, -0.15) is 0 Å². The van der Waals surface area contributed by atoms with E-state index in [0.717, 1.165) is 19.2 Å². The molecule has 0 spiro atoms. The number of ether oxygens (including phenoxy) is 1. The molecule has 0 aliphatic carbocycles. The molecular formula is C15H22F2N2O. The Balaban J connectivity index is 2.29. The van der Waals surface area contributed by atoms with Crippen molar-refractivity contribution >= 4 is 0 Å². The zero-order valence-corrected chi connectivity index (χ0v) is 12.2. The standard InChI is InChI=1S/C15H22F2N2O/c1-15(2,19-4-6-20-7-5-19)14(18-3)11-8-12(16)10-13(17)9-11/h8-10,14,18H,4-7H2,1-3H3. The summed E-state index contributed by atoms with van der Waals surface area (Å²) in [7, 11) is 1.82. The van der Waals surface area contributed by atoms with E-state index >= 15 is 0 Å². The molecule has 0 aromatic heterocycles. The van der Waals surface area contributed by atoms with Gasteiger partial charge in [0.15, 0.2) is 0 Å². The van der Waals surface area contributed by atoms with E-state index in [4.69, 9.17) is 4.74 Å². The van der Waals surface area contributed by atoms with Gasteiger partial charge in [-0.3, -0.25) is 4.90 Å². The van der Waals surface area contributed by atoms with Gasteiger partial charge in [-0.05, 0) is 38.6 Å². The summed E-state index contributed by atoms with van der Waals surface area (Å²) in [5.41, 5.74) is 0.361. The lowest BCUT2D eigenvalue weighted by molar-refractivity contribution is -0.0229. The van der Waals surface area contributed by atoms with Gasteiger partial charge in [0.1, 0.15) is 11.6 Å². The Morgan fingerprint density at radius 2 is 1.70 bits per heavy atom. The van der Waals surface area contributed by atoms with Gasteiger partial charge in [0.25, 0.3) is 0 Å². The molecule has 0 radical (unpaired) electrons. The first-order chi connectivity index (χ1) is 9.45. The Morgan fingerprint density at radius 1 is 1.15 bits per heavy atom. The third-order valence-corrected chi connectivity index (χ3v) is 4.04. The van der Waals surface area contributed by atoms with Crippen LogP contribution in [0.15, 0.2) is 18.2 Å². The highest BCUT2D eigenvalue weighted by Crippen LogP contribution is 2.32. The van der Waals surface area contributed by atoms with Crippen LogP contribution in [0.2, 0.25) is 0 Å². The summed E-state index contributed by atoms with van der Waals surface area (Å²) in [6.07, 6.45) is 0. The molecule has 112 valence electrons. The largest absolute Gasteiger partial charge is 0.379 e. The van der Waals surface area contributed by atoms with E-state index in [1.165, 1.54) is 12.1 Å². The van der Waals surface area contributed by atoms with Gasteiger partial charge in [0.2, 0.25) is 0 Å². The zero-order valence-electron chi connectivity index (χ0n) is 12.2. The molecule has 1 aliphatic rings. The Kier molecular flexibility index (Phi) is 4.73. The lowest BCUT2D eigenvalue weighted by Gasteiger charge is -2.46. The van der Waals surface area contributed by atoms with Gasteiger partial charge in [-0.15, -0.1) is 0 Å². The SMILES string of the molecule is CNC(c1cc(F)cc(F)c1)C(C)(C)N1CCOCC1. The molecule has 0 bridgehead atoms. The van der Waals surface area contributed by atoms with Gasteiger partial charge < -0.3 is 10.1 Å². The average Bonchev–Trinajstić information content (AvgIpc) is 2.39. The molecule has 1 atom stereocenters. The van der Waals surface area contributed by atoms with Gasteiger partial charge in [0, 0.05) is 24.7 Å². The maximum absolute atomic E-state index is 13.5. The molecular weight excluding hydrogens is 262 g/mol. The molecule has 1 saturated heterocycles. The summed E-state index contributed by atoms with van der Waals surface area (Å²) in [5, 5.41) is 3.19. The molecule has 2 rings (SSSR count). The molecule has 5 heteroatoms. The molecule has 1 aromatic rings. The summed E-state index contributed by atoms with van der Waals surface area (Å²) in [5.74, 6) is -1.09. The number of halogens is 2. The van der Waals surface area contributed by atoms with Gasteiger partial charge in [0.05, 0.1) is 19.3 Å². The first kappa shape index (κ1) is 15.4. The van der Waals surface area contributed by atoms with Crippen LogP contribution in [-0.4, -0.2) is 43.8 Å². The summed E-state index contributed by atoms with van der Waals surface area (Å²) in [6, 6.07) is 3.53. The van der Waals surface area contributed by atoms with Crippen molar-refractivity contribution in [3.63, 3.8) is 0 Å². The predicted molar refractivity (Wildman–Crippen MR) is 74.6 cm³/mol. The van der Waals surface area contributed by atoms with E-state index < -0.39 is 11.6 Å². The predicted octanol–water partition coefficient (Wildman–Crippen LogP) is 2.34. The fourth-order valence-corrected chi connectivity index (χ4v) is 2.99. The number of hydrogen-bond acceptors (Lipinski definition) is 3. The van der Waals surface area contributed by atoms with Crippen molar-refractivity contribution in [2.75, 3.05) is 33.4 Å². The van der Waals surface area contributed by atoms with Crippen LogP contribution in [0.25, 0.3) is 0 Å². The fourth-order valence-electron chi connectivity index (χ4n) is 2.99. The lowest BCUT2D eigenvalue weighted by Crippen LogP contribution is -2.55. The minimum absolute atomic E-state index is 0.161. The summed E-state index contributed by atoms with van der Waals surface area (Å²) >= 11 is 0. The third-order valence-electron chi connectivity index (χ3n) is 4.04. The molecule has 0 amide bonds. The van der Waals surface area contributed by atoms with E-state index in [9.17, 15) is 8.78 Å². The van der Waals surface area contributed by atoms with Crippen LogP contribution >= 0.6 is 0 Å². The van der Waals surface area contributed by atoms with Crippen LogP contribution < -0.4 is 5.32 Å².